The molecule has 1 amide bonds. The number of anilines is 1. The maximum absolute atomic E-state index is 11.2. The average molecular weight is 275 g/mol. The lowest BCUT2D eigenvalue weighted by atomic mass is 10.4. The summed E-state index contributed by atoms with van der Waals surface area (Å²) in [5.41, 5.74) is 0.843. The number of carbonyl (C=O) groups is 1. The summed E-state index contributed by atoms with van der Waals surface area (Å²) in [5, 5.41) is 18.6. The van der Waals surface area contributed by atoms with Crippen LogP contribution in [0, 0.1) is 11.3 Å². The Morgan fingerprint density at radius 3 is 3.11 bits per heavy atom. The number of nitriles is 1. The quantitative estimate of drug-likeness (QED) is 0.858. The number of amides is 1. The van der Waals surface area contributed by atoms with Crippen molar-refractivity contribution < 1.29 is 4.79 Å². The minimum absolute atomic E-state index is 0.0911. The highest BCUT2D eigenvalue weighted by atomic mass is 32.1. The first-order valence-electron chi connectivity index (χ1n) is 5.67. The van der Waals surface area contributed by atoms with Crippen molar-refractivity contribution in [2.75, 3.05) is 12.4 Å². The van der Waals surface area contributed by atoms with Gasteiger partial charge in [-0.1, -0.05) is 0 Å². The molecule has 0 aromatic carbocycles. The SMILES string of the molecule is CNC(=O)Cn1cc(NCc2ccc(C#N)s2)cn1. The number of carbonyl (C=O) groups excluding carboxylic acids is 1. The third-order valence-corrected chi connectivity index (χ3v) is 3.45. The number of aromatic nitrogens is 2. The van der Waals surface area contributed by atoms with Crippen LogP contribution < -0.4 is 10.6 Å². The van der Waals surface area contributed by atoms with E-state index in [-0.39, 0.29) is 12.5 Å². The van der Waals surface area contributed by atoms with Gasteiger partial charge in [0.25, 0.3) is 0 Å². The second kappa shape index (κ2) is 6.02. The lowest BCUT2D eigenvalue weighted by molar-refractivity contribution is -0.121. The Bertz CT molecular complexity index is 610. The van der Waals surface area contributed by atoms with Gasteiger partial charge in [-0.25, -0.2) is 0 Å². The lowest BCUT2D eigenvalue weighted by Gasteiger charge is -2.01. The molecule has 0 unspecified atom stereocenters. The standard InChI is InChI=1S/C12H13N5OS/c1-14-12(18)8-17-7-9(5-16-17)15-6-11-3-2-10(4-13)19-11/h2-3,5,7,15H,6,8H2,1H3,(H,14,18). The van der Waals surface area contributed by atoms with E-state index in [0.29, 0.717) is 11.4 Å². The highest BCUT2D eigenvalue weighted by Gasteiger charge is 2.03. The van der Waals surface area contributed by atoms with E-state index in [1.807, 2.05) is 6.07 Å². The van der Waals surface area contributed by atoms with E-state index in [4.69, 9.17) is 5.26 Å². The summed E-state index contributed by atoms with van der Waals surface area (Å²) in [6.45, 7) is 0.841. The summed E-state index contributed by atoms with van der Waals surface area (Å²) >= 11 is 1.46. The van der Waals surface area contributed by atoms with E-state index in [2.05, 4.69) is 21.8 Å². The summed E-state index contributed by atoms with van der Waals surface area (Å²) in [6.07, 6.45) is 3.44. The molecular formula is C12H13N5OS. The number of rotatable bonds is 5. The van der Waals surface area contributed by atoms with E-state index in [9.17, 15) is 4.79 Å². The molecule has 0 aliphatic heterocycles. The molecular weight excluding hydrogens is 262 g/mol. The summed E-state index contributed by atoms with van der Waals surface area (Å²) in [6, 6.07) is 5.83. The fourth-order valence-electron chi connectivity index (χ4n) is 1.49. The first-order chi connectivity index (χ1) is 9.21. The van der Waals surface area contributed by atoms with Crippen molar-refractivity contribution in [1.29, 1.82) is 5.26 Å². The largest absolute Gasteiger partial charge is 0.378 e. The molecule has 2 aromatic heterocycles. The molecule has 0 atom stereocenters. The smallest absolute Gasteiger partial charge is 0.241 e. The molecule has 2 rings (SSSR count). The van der Waals surface area contributed by atoms with Crippen LogP contribution in [0.5, 0.6) is 0 Å². The third kappa shape index (κ3) is 3.56. The van der Waals surface area contributed by atoms with E-state index >= 15 is 0 Å². The van der Waals surface area contributed by atoms with Crippen LogP contribution in [0.2, 0.25) is 0 Å². The number of likely N-dealkylation sites (N-methyl/N-ethyl adjacent to an activating group) is 1. The Morgan fingerprint density at radius 1 is 1.58 bits per heavy atom. The number of nitrogens with zero attached hydrogens (tertiary/aromatic N) is 3. The predicted octanol–water partition coefficient (Wildman–Crippen LogP) is 1.17. The molecule has 19 heavy (non-hydrogen) atoms. The van der Waals surface area contributed by atoms with Crippen LogP contribution in [0.1, 0.15) is 9.75 Å². The molecule has 0 aliphatic carbocycles. The Labute approximate surface area is 114 Å². The Hall–Kier alpha value is -2.33. The van der Waals surface area contributed by atoms with Gasteiger partial charge in [-0.2, -0.15) is 10.4 Å². The van der Waals surface area contributed by atoms with Crippen LogP contribution in [0.15, 0.2) is 24.5 Å². The highest BCUT2D eigenvalue weighted by Crippen LogP contribution is 2.17. The third-order valence-electron chi connectivity index (χ3n) is 2.46. The fourth-order valence-corrected chi connectivity index (χ4v) is 2.23. The number of hydrogen-bond acceptors (Lipinski definition) is 5. The predicted molar refractivity (Wildman–Crippen MR) is 72.7 cm³/mol. The van der Waals surface area contributed by atoms with E-state index in [1.54, 1.807) is 30.2 Å². The number of thiophene rings is 1. The van der Waals surface area contributed by atoms with Crippen molar-refractivity contribution in [3.8, 4) is 6.07 Å². The van der Waals surface area contributed by atoms with Gasteiger partial charge in [0.15, 0.2) is 0 Å². The van der Waals surface area contributed by atoms with Crippen molar-refractivity contribution in [2.24, 2.45) is 0 Å². The first kappa shape index (κ1) is 13.1. The molecule has 98 valence electrons. The maximum atomic E-state index is 11.2. The molecule has 0 saturated heterocycles. The second-order valence-electron chi connectivity index (χ2n) is 3.83. The van der Waals surface area contributed by atoms with E-state index in [0.717, 1.165) is 10.6 Å². The summed E-state index contributed by atoms with van der Waals surface area (Å²) in [4.78, 5) is 13.0. The van der Waals surface area contributed by atoms with Gasteiger partial charge >= 0.3 is 0 Å². The second-order valence-corrected chi connectivity index (χ2v) is 5.00. The molecule has 2 heterocycles. The zero-order valence-corrected chi connectivity index (χ0v) is 11.2. The lowest BCUT2D eigenvalue weighted by Crippen LogP contribution is -2.23. The molecule has 0 saturated carbocycles. The number of nitrogens with one attached hydrogen (secondary N) is 2. The van der Waals surface area contributed by atoms with Crippen LogP contribution in [-0.4, -0.2) is 22.7 Å². The van der Waals surface area contributed by atoms with Gasteiger partial charge in [0, 0.05) is 24.7 Å². The minimum Gasteiger partial charge on any atom is -0.378 e. The van der Waals surface area contributed by atoms with Crippen molar-refractivity contribution in [3.05, 3.63) is 34.3 Å². The normalized spacial score (nSPS) is 9.89. The molecule has 0 bridgehead atoms. The molecule has 7 heteroatoms. The summed E-state index contributed by atoms with van der Waals surface area (Å²) < 4.78 is 1.57. The van der Waals surface area contributed by atoms with Gasteiger partial charge < -0.3 is 10.6 Å². The molecule has 0 spiro atoms. The molecule has 0 radical (unpaired) electrons. The van der Waals surface area contributed by atoms with Crippen LogP contribution >= 0.6 is 11.3 Å². The minimum atomic E-state index is -0.0911. The van der Waals surface area contributed by atoms with Gasteiger partial charge in [0.1, 0.15) is 17.5 Å². The van der Waals surface area contributed by atoms with Crippen molar-refractivity contribution in [2.45, 2.75) is 13.1 Å². The molecule has 2 aromatic rings. The van der Waals surface area contributed by atoms with Crippen LogP contribution in [-0.2, 0) is 17.9 Å². The first-order valence-corrected chi connectivity index (χ1v) is 6.48. The zero-order chi connectivity index (χ0) is 13.7. The zero-order valence-electron chi connectivity index (χ0n) is 10.4. The van der Waals surface area contributed by atoms with E-state index in [1.165, 1.54) is 11.3 Å². The van der Waals surface area contributed by atoms with Crippen molar-refractivity contribution in [1.82, 2.24) is 15.1 Å². The molecule has 0 fully saturated rings. The highest BCUT2D eigenvalue weighted by molar-refractivity contribution is 7.12. The van der Waals surface area contributed by atoms with Gasteiger partial charge in [0.05, 0.1) is 11.9 Å². The topological polar surface area (TPSA) is 82.7 Å². The van der Waals surface area contributed by atoms with Crippen LogP contribution in [0.4, 0.5) is 5.69 Å². The molecule has 0 aliphatic rings. The molecule has 2 N–H and O–H groups in total. The van der Waals surface area contributed by atoms with Gasteiger partial charge in [-0.05, 0) is 12.1 Å². The average Bonchev–Trinajstić information content (AvgIpc) is 3.05. The van der Waals surface area contributed by atoms with Gasteiger partial charge in [-0.3, -0.25) is 9.48 Å². The van der Waals surface area contributed by atoms with E-state index < -0.39 is 0 Å². The molecule has 6 nitrogen and oxygen atoms in total. The van der Waals surface area contributed by atoms with Crippen LogP contribution in [0.25, 0.3) is 0 Å². The Balaban J connectivity index is 1.90. The summed E-state index contributed by atoms with van der Waals surface area (Å²) in [5.74, 6) is -0.0911. The monoisotopic (exact) mass is 275 g/mol. The van der Waals surface area contributed by atoms with Crippen molar-refractivity contribution >= 4 is 22.9 Å². The Morgan fingerprint density at radius 2 is 2.42 bits per heavy atom. The van der Waals surface area contributed by atoms with Gasteiger partial charge in [-0.15, -0.1) is 11.3 Å². The maximum Gasteiger partial charge on any atom is 0.241 e. The van der Waals surface area contributed by atoms with Gasteiger partial charge in [0.2, 0.25) is 5.91 Å². The van der Waals surface area contributed by atoms with Crippen molar-refractivity contribution in [3.63, 3.8) is 0 Å². The Kier molecular flexibility index (Phi) is 4.15. The number of hydrogen-bond donors (Lipinski definition) is 2. The summed E-state index contributed by atoms with van der Waals surface area (Å²) in [7, 11) is 1.59. The van der Waals surface area contributed by atoms with Crippen LogP contribution in [0.3, 0.4) is 0 Å². The fraction of sp³-hybridized carbons (Fsp3) is 0.250.